The lowest BCUT2D eigenvalue weighted by Gasteiger charge is -2.29. The fourth-order valence-corrected chi connectivity index (χ4v) is 3.52. The zero-order valence-electron chi connectivity index (χ0n) is 20.0. The average Bonchev–Trinajstić information content (AvgIpc) is 2.74. The van der Waals surface area contributed by atoms with Gasteiger partial charge in [0, 0.05) is 19.5 Å². The first-order valence-corrected chi connectivity index (χ1v) is 11.3. The molecular weight excluding hydrogens is 384 g/mol. The van der Waals surface area contributed by atoms with Gasteiger partial charge in [-0.05, 0) is 54.4 Å². The quantitative estimate of drug-likeness (QED) is 0.606. The predicted molar refractivity (Wildman–Crippen MR) is 128 cm³/mol. The molecule has 1 unspecified atom stereocenters. The summed E-state index contributed by atoms with van der Waals surface area (Å²) in [4.78, 5) is 27.6. The average molecular weight is 423 g/mol. The first-order chi connectivity index (χ1) is 14.6. The molecule has 0 radical (unpaired) electrons. The molecular formula is C27H38N2O2. The first-order valence-electron chi connectivity index (χ1n) is 11.3. The molecule has 1 N–H and O–H groups in total. The smallest absolute Gasteiger partial charge is 0.242 e. The van der Waals surface area contributed by atoms with Gasteiger partial charge in [-0.2, -0.15) is 0 Å². The van der Waals surface area contributed by atoms with E-state index in [4.69, 9.17) is 0 Å². The summed E-state index contributed by atoms with van der Waals surface area (Å²) in [5.74, 6) is -0.0967. The number of hydrogen-bond acceptors (Lipinski definition) is 2. The Balaban J connectivity index is 2.13. The van der Waals surface area contributed by atoms with Crippen LogP contribution in [0.2, 0.25) is 0 Å². The molecule has 4 heteroatoms. The van der Waals surface area contributed by atoms with E-state index in [9.17, 15) is 9.59 Å². The second-order valence-corrected chi connectivity index (χ2v) is 9.36. The van der Waals surface area contributed by atoms with Crippen molar-refractivity contribution >= 4 is 11.8 Å². The maximum atomic E-state index is 13.2. The molecule has 0 aromatic heterocycles. The maximum Gasteiger partial charge on any atom is 0.242 e. The minimum Gasteiger partial charge on any atom is -0.354 e. The van der Waals surface area contributed by atoms with E-state index >= 15 is 0 Å². The molecule has 0 saturated heterocycles. The number of nitrogens with one attached hydrogen (secondary N) is 1. The van der Waals surface area contributed by atoms with Crippen molar-refractivity contribution in [2.45, 2.75) is 78.8 Å². The maximum absolute atomic E-state index is 13.2. The number of aryl methyl sites for hydroxylation is 2. The molecule has 0 fully saturated rings. The second kappa shape index (κ2) is 11.1. The van der Waals surface area contributed by atoms with Crippen LogP contribution in [0.4, 0.5) is 0 Å². The van der Waals surface area contributed by atoms with Crippen LogP contribution in [0.5, 0.6) is 0 Å². The Bertz CT molecular complexity index is 866. The minimum atomic E-state index is -0.512. The summed E-state index contributed by atoms with van der Waals surface area (Å²) in [5.41, 5.74) is 4.73. The van der Waals surface area contributed by atoms with Crippen LogP contribution in [-0.4, -0.2) is 29.3 Å². The zero-order valence-corrected chi connectivity index (χ0v) is 20.0. The van der Waals surface area contributed by atoms with Crippen LogP contribution < -0.4 is 5.32 Å². The molecule has 0 aliphatic rings. The van der Waals surface area contributed by atoms with Crippen molar-refractivity contribution in [1.29, 1.82) is 0 Å². The van der Waals surface area contributed by atoms with Crippen molar-refractivity contribution in [3.05, 3.63) is 70.8 Å². The monoisotopic (exact) mass is 422 g/mol. The second-order valence-electron chi connectivity index (χ2n) is 9.36. The molecule has 0 spiro atoms. The number of benzene rings is 2. The molecule has 0 aliphatic carbocycles. The lowest BCUT2D eigenvalue weighted by molar-refractivity contribution is -0.140. The summed E-state index contributed by atoms with van der Waals surface area (Å²) < 4.78 is 0. The van der Waals surface area contributed by atoms with E-state index in [1.807, 2.05) is 45.0 Å². The van der Waals surface area contributed by atoms with Crippen LogP contribution in [0.25, 0.3) is 0 Å². The van der Waals surface area contributed by atoms with Crippen molar-refractivity contribution < 1.29 is 9.59 Å². The van der Waals surface area contributed by atoms with E-state index < -0.39 is 6.04 Å². The molecule has 4 nitrogen and oxygen atoms in total. The number of nitrogens with zero attached hydrogens (tertiary/aromatic N) is 1. The van der Waals surface area contributed by atoms with Gasteiger partial charge in [0.2, 0.25) is 11.8 Å². The largest absolute Gasteiger partial charge is 0.354 e. The summed E-state index contributed by atoms with van der Waals surface area (Å²) >= 11 is 0. The Morgan fingerprint density at radius 1 is 1.03 bits per heavy atom. The third-order valence-corrected chi connectivity index (χ3v) is 5.77. The van der Waals surface area contributed by atoms with E-state index in [1.165, 1.54) is 5.56 Å². The van der Waals surface area contributed by atoms with Gasteiger partial charge in [0.05, 0.1) is 0 Å². The third-order valence-electron chi connectivity index (χ3n) is 5.77. The van der Waals surface area contributed by atoms with E-state index in [1.54, 1.807) is 4.90 Å². The molecule has 2 aromatic carbocycles. The van der Waals surface area contributed by atoms with Gasteiger partial charge in [-0.1, -0.05) is 76.2 Å². The summed E-state index contributed by atoms with van der Waals surface area (Å²) in [7, 11) is 0. The van der Waals surface area contributed by atoms with Crippen LogP contribution in [0.15, 0.2) is 48.5 Å². The number of hydrogen-bond donors (Lipinski definition) is 1. The molecule has 1 atom stereocenters. The van der Waals surface area contributed by atoms with E-state index in [0.29, 0.717) is 25.9 Å². The minimum absolute atomic E-state index is 0.00213. The fraction of sp³-hybridized carbons (Fsp3) is 0.481. The molecule has 2 aromatic rings. The Morgan fingerprint density at radius 3 is 2.26 bits per heavy atom. The number of amides is 2. The van der Waals surface area contributed by atoms with Gasteiger partial charge in [-0.25, -0.2) is 0 Å². The highest BCUT2D eigenvalue weighted by Gasteiger charge is 2.26. The molecule has 2 rings (SSSR count). The lowest BCUT2D eigenvalue weighted by Crippen LogP contribution is -2.47. The fourth-order valence-electron chi connectivity index (χ4n) is 3.52. The van der Waals surface area contributed by atoms with Gasteiger partial charge in [-0.15, -0.1) is 0 Å². The van der Waals surface area contributed by atoms with Gasteiger partial charge in [0.15, 0.2) is 0 Å². The highest BCUT2D eigenvalue weighted by atomic mass is 16.2. The highest BCUT2D eigenvalue weighted by Crippen LogP contribution is 2.23. The Kier molecular flexibility index (Phi) is 8.85. The summed E-state index contributed by atoms with van der Waals surface area (Å²) in [5, 5.41) is 2.93. The summed E-state index contributed by atoms with van der Waals surface area (Å²) in [6.07, 6.45) is 1.91. The van der Waals surface area contributed by atoms with Gasteiger partial charge >= 0.3 is 0 Å². The number of rotatable bonds is 9. The Labute approximate surface area is 188 Å². The predicted octanol–water partition coefficient (Wildman–Crippen LogP) is 5.17. The van der Waals surface area contributed by atoms with Crippen molar-refractivity contribution in [2.75, 3.05) is 6.54 Å². The van der Waals surface area contributed by atoms with E-state index in [-0.39, 0.29) is 17.2 Å². The van der Waals surface area contributed by atoms with Crippen molar-refractivity contribution in [3.8, 4) is 0 Å². The highest BCUT2D eigenvalue weighted by molar-refractivity contribution is 5.87. The molecule has 0 aliphatic heterocycles. The lowest BCUT2D eigenvalue weighted by atomic mass is 9.86. The Morgan fingerprint density at radius 2 is 1.68 bits per heavy atom. The summed E-state index contributed by atoms with van der Waals surface area (Å²) in [6.45, 7) is 13.5. The van der Waals surface area contributed by atoms with Gasteiger partial charge < -0.3 is 10.2 Å². The third kappa shape index (κ3) is 7.23. The van der Waals surface area contributed by atoms with Gasteiger partial charge in [-0.3, -0.25) is 9.59 Å². The van der Waals surface area contributed by atoms with Crippen LogP contribution in [0.1, 0.15) is 69.7 Å². The topological polar surface area (TPSA) is 49.4 Å². The van der Waals surface area contributed by atoms with Crippen molar-refractivity contribution in [3.63, 3.8) is 0 Å². The standard InChI is InChI=1S/C27H38N2O2/c1-7-18-28-26(31)21(3)29(19-23-11-9-8-10-20(23)2)25(30)17-14-22-12-15-24(16-13-22)27(4,5)6/h8-13,15-16,21H,7,14,17-19H2,1-6H3,(H,28,31). The Hall–Kier alpha value is -2.62. The van der Waals surface area contributed by atoms with Crippen LogP contribution in [-0.2, 0) is 28.0 Å². The van der Waals surface area contributed by atoms with Gasteiger partial charge in [0.25, 0.3) is 0 Å². The molecule has 168 valence electrons. The van der Waals surface area contributed by atoms with Crippen molar-refractivity contribution in [2.24, 2.45) is 0 Å². The van der Waals surface area contributed by atoms with Gasteiger partial charge in [0.1, 0.15) is 6.04 Å². The molecule has 31 heavy (non-hydrogen) atoms. The van der Waals surface area contributed by atoms with Crippen molar-refractivity contribution in [1.82, 2.24) is 10.2 Å². The van der Waals surface area contributed by atoms with Crippen LogP contribution in [0.3, 0.4) is 0 Å². The van der Waals surface area contributed by atoms with E-state index in [2.05, 4.69) is 50.4 Å². The summed E-state index contributed by atoms with van der Waals surface area (Å²) in [6, 6.07) is 16.0. The van der Waals surface area contributed by atoms with Crippen LogP contribution >= 0.6 is 0 Å². The number of carbonyl (C=O) groups is 2. The zero-order chi connectivity index (χ0) is 23.0. The molecule has 2 amide bonds. The molecule has 0 saturated carbocycles. The molecule has 0 heterocycles. The van der Waals surface area contributed by atoms with Crippen LogP contribution in [0, 0.1) is 6.92 Å². The first kappa shape index (κ1) is 24.6. The van der Waals surface area contributed by atoms with E-state index in [0.717, 1.165) is 23.1 Å². The molecule has 0 bridgehead atoms. The SMILES string of the molecule is CCCNC(=O)C(C)N(Cc1ccccc1C)C(=O)CCc1ccc(C(C)(C)C)cc1. The normalized spacial score (nSPS) is 12.3. The number of carbonyl (C=O) groups excluding carboxylic acids is 2.